The predicted molar refractivity (Wildman–Crippen MR) is 304 cm³/mol. The van der Waals surface area contributed by atoms with Gasteiger partial charge in [0.05, 0.1) is 46.3 Å². The number of carbonyl (C=O) groups excluding carboxylic acids is 1. The molecular formula is C60H86N7O9P. The lowest BCUT2D eigenvalue weighted by Gasteiger charge is -2.39. The van der Waals surface area contributed by atoms with Crippen LogP contribution in [0.1, 0.15) is 168 Å². The number of anilines is 1. The van der Waals surface area contributed by atoms with Crippen molar-refractivity contribution in [3.63, 3.8) is 0 Å². The average Bonchev–Trinajstić information content (AvgIpc) is 4.01. The van der Waals surface area contributed by atoms with Gasteiger partial charge in [-0.05, 0) is 75.1 Å². The summed E-state index contributed by atoms with van der Waals surface area (Å²) in [4.78, 5) is 38.7. The summed E-state index contributed by atoms with van der Waals surface area (Å²) in [5, 5.41) is 12.4. The zero-order valence-corrected chi connectivity index (χ0v) is 48.1. The number of unbranched alkanes of at least 4 members (excludes halogenated alkanes) is 13. The Bertz CT molecular complexity index is 2550. The number of rotatable bonds is 35. The minimum atomic E-state index is -1.84. The molecule has 3 aromatic carbocycles. The van der Waals surface area contributed by atoms with Gasteiger partial charge in [0.25, 0.3) is 14.1 Å². The van der Waals surface area contributed by atoms with Crippen LogP contribution in [-0.2, 0) is 33.7 Å². The van der Waals surface area contributed by atoms with Gasteiger partial charge in [-0.3, -0.25) is 24.5 Å². The van der Waals surface area contributed by atoms with Gasteiger partial charge < -0.3 is 32.7 Å². The van der Waals surface area contributed by atoms with Gasteiger partial charge in [-0.2, -0.15) is 10.2 Å². The fourth-order valence-corrected chi connectivity index (χ4v) is 11.8. The highest BCUT2D eigenvalue weighted by Crippen LogP contribution is 2.51. The number of H-pyrrole nitrogens is 1. The van der Waals surface area contributed by atoms with E-state index in [1.54, 1.807) is 32.6 Å². The molecule has 17 heteroatoms. The van der Waals surface area contributed by atoms with Crippen molar-refractivity contribution in [1.82, 2.24) is 24.2 Å². The highest BCUT2D eigenvalue weighted by molar-refractivity contribution is 7.44. The average molecular weight is 1080 g/mol. The van der Waals surface area contributed by atoms with E-state index in [0.29, 0.717) is 18.1 Å². The summed E-state index contributed by atoms with van der Waals surface area (Å²) in [6, 6.07) is 28.0. The molecule has 1 aliphatic rings. The van der Waals surface area contributed by atoms with Crippen molar-refractivity contribution in [1.29, 1.82) is 5.26 Å². The minimum absolute atomic E-state index is 0.00482. The van der Waals surface area contributed by atoms with Crippen LogP contribution in [0.3, 0.4) is 0 Å². The van der Waals surface area contributed by atoms with E-state index in [1.165, 1.54) is 77.0 Å². The van der Waals surface area contributed by atoms with Crippen molar-refractivity contribution in [2.45, 2.75) is 187 Å². The molecule has 0 bridgehead atoms. The maximum atomic E-state index is 13.7. The van der Waals surface area contributed by atoms with Gasteiger partial charge in [0.15, 0.2) is 17.4 Å². The smallest absolute Gasteiger partial charge is 0.280 e. The number of fused-ring (bicyclic) bond motifs is 1. The number of hydrogen-bond acceptors (Lipinski definition) is 13. The quantitative estimate of drug-likeness (QED) is 0.0222. The molecule has 1 saturated heterocycles. The lowest BCUT2D eigenvalue weighted by atomic mass is 9.80. The molecule has 1 aliphatic heterocycles. The number of amides is 1. The second-order valence-electron chi connectivity index (χ2n) is 20.8. The van der Waals surface area contributed by atoms with E-state index in [1.807, 2.05) is 78.9 Å². The summed E-state index contributed by atoms with van der Waals surface area (Å²) in [7, 11) is 1.44. The van der Waals surface area contributed by atoms with Gasteiger partial charge in [0, 0.05) is 24.6 Å². The van der Waals surface area contributed by atoms with Crippen LogP contribution in [0.5, 0.6) is 11.5 Å². The molecule has 2 N–H and O–H groups in total. The number of aromatic amines is 1. The van der Waals surface area contributed by atoms with Gasteiger partial charge in [0.2, 0.25) is 11.9 Å². The number of nitriles is 1. The van der Waals surface area contributed by atoms with Crippen molar-refractivity contribution in [2.24, 2.45) is 5.92 Å². The van der Waals surface area contributed by atoms with Crippen LogP contribution in [0.15, 0.2) is 90.0 Å². The van der Waals surface area contributed by atoms with Crippen LogP contribution in [-0.4, -0.2) is 94.5 Å². The molecule has 0 spiro atoms. The molecule has 0 aliphatic carbocycles. The molecule has 6 rings (SSSR count). The molecule has 2 aromatic heterocycles. The third-order valence-electron chi connectivity index (χ3n) is 14.1. The second kappa shape index (κ2) is 31.4. The van der Waals surface area contributed by atoms with E-state index >= 15 is 0 Å². The second-order valence-corrected chi connectivity index (χ2v) is 22.2. The number of nitrogens with zero attached hydrogens (tertiary/aromatic N) is 5. The van der Waals surface area contributed by atoms with Crippen molar-refractivity contribution < 1.29 is 37.5 Å². The first-order valence-corrected chi connectivity index (χ1v) is 29.3. The van der Waals surface area contributed by atoms with E-state index in [9.17, 15) is 14.9 Å². The summed E-state index contributed by atoms with van der Waals surface area (Å²) in [5.74, 6) is 0.688. The number of aromatic nitrogens is 4. The summed E-state index contributed by atoms with van der Waals surface area (Å²) in [5.41, 5.74) is 1.04. The predicted octanol–water partition coefficient (Wildman–Crippen LogP) is 13.2. The van der Waals surface area contributed by atoms with E-state index in [4.69, 9.17) is 37.7 Å². The first-order valence-electron chi connectivity index (χ1n) is 28.1. The topological polar surface area (TPSA) is 184 Å². The van der Waals surface area contributed by atoms with Crippen LogP contribution < -0.4 is 20.3 Å². The summed E-state index contributed by atoms with van der Waals surface area (Å²) in [6.45, 7) is 14.7. The van der Waals surface area contributed by atoms with Crippen LogP contribution in [0, 0.1) is 17.2 Å². The minimum Gasteiger partial charge on any atom is -0.497 e. The third kappa shape index (κ3) is 16.6. The van der Waals surface area contributed by atoms with E-state index < -0.39 is 44.2 Å². The SMILES string of the molecule is CCCCCCCCCCCCCCCCO[C@@H]1[C@H](OP(OCCC#N)N(C(C)C)C(C)C)C(COC(c2ccccc2)(c2ccc(OC)cc2)c2ccc(OC)cc2)O[C@H]1n1cnc2c(=O)[nH]c(NC(=O)C(C)C)nc21. The maximum absolute atomic E-state index is 13.7. The number of hydrogen-bond donors (Lipinski definition) is 2. The zero-order chi connectivity index (χ0) is 55.2. The first-order chi connectivity index (χ1) is 37.4. The largest absolute Gasteiger partial charge is 0.497 e. The number of carbonyl (C=O) groups is 1. The van der Waals surface area contributed by atoms with Gasteiger partial charge in [0.1, 0.15) is 35.4 Å². The third-order valence-corrected chi connectivity index (χ3v) is 16.2. The molecule has 5 atom stereocenters. The summed E-state index contributed by atoms with van der Waals surface area (Å²) in [6.07, 6.45) is 15.4. The highest BCUT2D eigenvalue weighted by atomic mass is 31.2. The Kier molecular flexibility index (Phi) is 24.8. The number of nitrogens with one attached hydrogen (secondary N) is 2. The van der Waals surface area contributed by atoms with Gasteiger partial charge >= 0.3 is 0 Å². The molecule has 0 radical (unpaired) electrons. The maximum Gasteiger partial charge on any atom is 0.280 e. The normalized spacial score (nSPS) is 17.2. The standard InChI is InChI=1S/C60H86N7O9P/c1-10-11-12-13-14-15-16-17-18-19-20-21-22-26-39-72-54-53(76-77(74-40-27-38-61)67(44(4)5)45(6)7)51(75-58(54)66-42-62-52-55(66)63-59(65-57(52)69)64-56(68)43(2)3)41-73-60(46-28-24-23-25-29-46,47-30-34-49(70-8)35-31-47)48-32-36-50(71-9)37-33-48/h23-25,28-37,42-45,51,53-54,58H,10-22,26-27,39-41H2,1-9H3,(H2,63,64,65,68,69)/t51?,53-,54-,58-,77?/m1/s1. The van der Waals surface area contributed by atoms with Crippen molar-refractivity contribution in [3.8, 4) is 17.6 Å². The Morgan fingerprint density at radius 2 is 1.32 bits per heavy atom. The number of methoxy groups -OCH3 is 2. The number of benzene rings is 3. The molecule has 5 aromatic rings. The molecule has 3 heterocycles. The number of imidazole rings is 1. The molecule has 1 amide bonds. The Balaban J connectivity index is 1.40. The molecule has 77 heavy (non-hydrogen) atoms. The highest BCUT2D eigenvalue weighted by Gasteiger charge is 2.52. The molecule has 420 valence electrons. The Morgan fingerprint density at radius 1 is 0.779 bits per heavy atom. The van der Waals surface area contributed by atoms with E-state index in [-0.39, 0.29) is 60.7 Å². The van der Waals surface area contributed by atoms with Crippen molar-refractivity contribution in [3.05, 3.63) is 112 Å². The van der Waals surface area contributed by atoms with E-state index in [0.717, 1.165) is 36.0 Å². The number of ether oxygens (including phenoxy) is 5. The lowest BCUT2D eigenvalue weighted by Crippen LogP contribution is -2.43. The van der Waals surface area contributed by atoms with Crippen LogP contribution in [0.2, 0.25) is 0 Å². The fraction of sp³-hybridized carbons (Fsp3) is 0.583. The van der Waals surface area contributed by atoms with Gasteiger partial charge in [-0.25, -0.2) is 9.65 Å². The summed E-state index contributed by atoms with van der Waals surface area (Å²) >= 11 is 0. The van der Waals surface area contributed by atoms with Gasteiger partial charge in [-0.1, -0.05) is 159 Å². The fourth-order valence-electron chi connectivity index (χ4n) is 10.00. The summed E-state index contributed by atoms with van der Waals surface area (Å²) < 4.78 is 51.0. The lowest BCUT2D eigenvalue weighted by molar-refractivity contribution is -0.118. The molecule has 1 fully saturated rings. The van der Waals surface area contributed by atoms with Crippen LogP contribution in [0.4, 0.5) is 5.95 Å². The van der Waals surface area contributed by atoms with E-state index in [2.05, 4.69) is 60.6 Å². The Morgan fingerprint density at radius 3 is 1.84 bits per heavy atom. The molecule has 0 saturated carbocycles. The van der Waals surface area contributed by atoms with Crippen LogP contribution in [0.25, 0.3) is 11.2 Å². The first kappa shape index (κ1) is 61.0. The molecule has 16 nitrogen and oxygen atoms in total. The van der Waals surface area contributed by atoms with Crippen molar-refractivity contribution in [2.75, 3.05) is 39.4 Å². The Hall–Kier alpha value is -5.24. The molecular weight excluding hydrogens is 994 g/mol. The van der Waals surface area contributed by atoms with Gasteiger partial charge in [-0.15, -0.1) is 0 Å². The Labute approximate surface area is 458 Å². The zero-order valence-electron chi connectivity index (χ0n) is 47.2. The molecule has 2 unspecified atom stereocenters. The monoisotopic (exact) mass is 1080 g/mol. The van der Waals surface area contributed by atoms with Crippen LogP contribution >= 0.6 is 8.53 Å². The van der Waals surface area contributed by atoms with Crippen molar-refractivity contribution >= 4 is 31.5 Å².